The maximum absolute atomic E-state index is 12.3. The molecule has 0 saturated carbocycles. The summed E-state index contributed by atoms with van der Waals surface area (Å²) in [5.41, 5.74) is 7.38. The lowest BCUT2D eigenvalue weighted by Gasteiger charge is -2.31. The van der Waals surface area contributed by atoms with Crippen LogP contribution in [0.1, 0.15) is 24.1 Å². The van der Waals surface area contributed by atoms with Gasteiger partial charge in [-0.25, -0.2) is 0 Å². The molecule has 0 aliphatic carbocycles. The zero-order valence-electron chi connectivity index (χ0n) is 12.0. The molecule has 1 aromatic heterocycles. The lowest BCUT2D eigenvalue weighted by atomic mass is 10.0. The Morgan fingerprint density at radius 2 is 2.30 bits per heavy atom. The standard InChI is InChI=1S/C12H23N5O2S/c1-10-12(9-16(2)15-10)7-14-20(18,19)17-5-3-4-11(6-13)8-17/h9,11,14H,3-8,13H2,1-2H3. The van der Waals surface area contributed by atoms with Crippen molar-refractivity contribution in [3.05, 3.63) is 17.5 Å². The molecule has 8 heteroatoms. The van der Waals surface area contributed by atoms with Gasteiger partial charge in [-0.05, 0) is 32.2 Å². The molecule has 1 fully saturated rings. The van der Waals surface area contributed by atoms with Crippen molar-refractivity contribution in [2.24, 2.45) is 18.7 Å². The van der Waals surface area contributed by atoms with Gasteiger partial charge >= 0.3 is 0 Å². The summed E-state index contributed by atoms with van der Waals surface area (Å²) in [5.74, 6) is 0.264. The Balaban J connectivity index is 1.98. The molecule has 7 nitrogen and oxygen atoms in total. The van der Waals surface area contributed by atoms with Gasteiger partial charge in [0.15, 0.2) is 0 Å². The molecule has 0 bridgehead atoms. The number of nitrogens with zero attached hydrogens (tertiary/aromatic N) is 3. The fourth-order valence-electron chi connectivity index (χ4n) is 2.52. The lowest BCUT2D eigenvalue weighted by molar-refractivity contribution is 0.268. The van der Waals surface area contributed by atoms with E-state index in [-0.39, 0.29) is 12.5 Å². The minimum Gasteiger partial charge on any atom is -0.330 e. The van der Waals surface area contributed by atoms with Crippen molar-refractivity contribution in [2.45, 2.75) is 26.3 Å². The Morgan fingerprint density at radius 3 is 2.90 bits per heavy atom. The number of hydrogen-bond acceptors (Lipinski definition) is 4. The van der Waals surface area contributed by atoms with Crippen molar-refractivity contribution in [3.63, 3.8) is 0 Å². The van der Waals surface area contributed by atoms with Crippen LogP contribution in [0, 0.1) is 12.8 Å². The summed E-state index contributed by atoms with van der Waals surface area (Å²) in [4.78, 5) is 0. The second-order valence-electron chi connectivity index (χ2n) is 5.34. The maximum Gasteiger partial charge on any atom is 0.279 e. The smallest absolute Gasteiger partial charge is 0.279 e. The van der Waals surface area contributed by atoms with Gasteiger partial charge in [-0.2, -0.15) is 22.5 Å². The molecule has 1 unspecified atom stereocenters. The SMILES string of the molecule is Cc1nn(C)cc1CNS(=O)(=O)N1CCCC(CN)C1. The van der Waals surface area contributed by atoms with Crippen LogP contribution < -0.4 is 10.5 Å². The van der Waals surface area contributed by atoms with E-state index >= 15 is 0 Å². The molecule has 1 aromatic rings. The van der Waals surface area contributed by atoms with Gasteiger partial charge in [-0.1, -0.05) is 0 Å². The van der Waals surface area contributed by atoms with Crippen LogP contribution in [0.4, 0.5) is 0 Å². The van der Waals surface area contributed by atoms with Crippen molar-refractivity contribution in [1.29, 1.82) is 0 Å². The molecule has 20 heavy (non-hydrogen) atoms. The van der Waals surface area contributed by atoms with Crippen LogP contribution in [0.3, 0.4) is 0 Å². The van der Waals surface area contributed by atoms with Crippen LogP contribution in [-0.2, 0) is 23.8 Å². The predicted octanol–water partition coefficient (Wildman–Crippen LogP) is -0.266. The van der Waals surface area contributed by atoms with Crippen molar-refractivity contribution in [1.82, 2.24) is 18.8 Å². The van der Waals surface area contributed by atoms with E-state index in [1.807, 2.05) is 20.2 Å². The van der Waals surface area contributed by atoms with Gasteiger partial charge in [0.05, 0.1) is 5.69 Å². The van der Waals surface area contributed by atoms with E-state index in [2.05, 4.69) is 9.82 Å². The Labute approximate surface area is 120 Å². The number of nitrogens with two attached hydrogens (primary N) is 1. The Hall–Kier alpha value is -0.960. The Bertz CT molecular complexity index is 554. The number of aromatic nitrogens is 2. The van der Waals surface area contributed by atoms with E-state index in [0.717, 1.165) is 24.1 Å². The normalized spacial score (nSPS) is 21.2. The van der Waals surface area contributed by atoms with Crippen molar-refractivity contribution < 1.29 is 8.42 Å². The zero-order valence-corrected chi connectivity index (χ0v) is 12.9. The number of hydrogen-bond donors (Lipinski definition) is 2. The molecule has 2 rings (SSSR count). The number of rotatable bonds is 5. The number of aryl methyl sites for hydroxylation is 2. The first-order valence-corrected chi connectivity index (χ1v) is 8.30. The highest BCUT2D eigenvalue weighted by Crippen LogP contribution is 2.17. The first-order valence-electron chi connectivity index (χ1n) is 6.86. The molecule has 0 aromatic carbocycles. The van der Waals surface area contributed by atoms with Gasteiger partial charge in [0.25, 0.3) is 10.2 Å². The molecule has 1 saturated heterocycles. The van der Waals surface area contributed by atoms with Gasteiger partial charge < -0.3 is 5.73 Å². The number of nitrogens with one attached hydrogen (secondary N) is 1. The fraction of sp³-hybridized carbons (Fsp3) is 0.750. The van der Waals surface area contributed by atoms with Crippen LogP contribution >= 0.6 is 0 Å². The van der Waals surface area contributed by atoms with E-state index < -0.39 is 10.2 Å². The monoisotopic (exact) mass is 301 g/mol. The topological polar surface area (TPSA) is 93.2 Å². The molecule has 1 aliphatic heterocycles. The van der Waals surface area contributed by atoms with Crippen molar-refractivity contribution >= 4 is 10.2 Å². The highest BCUT2D eigenvalue weighted by molar-refractivity contribution is 7.87. The quantitative estimate of drug-likeness (QED) is 0.783. The first kappa shape index (κ1) is 15.4. The molecule has 3 N–H and O–H groups in total. The third kappa shape index (κ3) is 3.57. The molecule has 0 spiro atoms. The molecular weight excluding hydrogens is 278 g/mol. The summed E-state index contributed by atoms with van der Waals surface area (Å²) in [6, 6.07) is 0. The minimum absolute atomic E-state index is 0.264. The fourth-order valence-corrected chi connectivity index (χ4v) is 3.82. The van der Waals surface area contributed by atoms with Gasteiger partial charge in [0, 0.05) is 38.4 Å². The average Bonchev–Trinajstić information content (AvgIpc) is 2.75. The van der Waals surface area contributed by atoms with Crippen LogP contribution in [-0.4, -0.2) is 42.1 Å². The van der Waals surface area contributed by atoms with E-state index in [0.29, 0.717) is 19.6 Å². The van der Waals surface area contributed by atoms with E-state index in [9.17, 15) is 8.42 Å². The van der Waals surface area contributed by atoms with Crippen LogP contribution in [0.15, 0.2) is 6.20 Å². The van der Waals surface area contributed by atoms with Gasteiger partial charge in [-0.3, -0.25) is 4.68 Å². The second-order valence-corrected chi connectivity index (χ2v) is 7.10. The molecule has 1 aliphatic rings. The molecule has 1 atom stereocenters. The van der Waals surface area contributed by atoms with Crippen molar-refractivity contribution in [3.8, 4) is 0 Å². The Morgan fingerprint density at radius 1 is 1.55 bits per heavy atom. The lowest BCUT2D eigenvalue weighted by Crippen LogP contribution is -2.47. The molecule has 2 heterocycles. The van der Waals surface area contributed by atoms with Crippen LogP contribution in [0.5, 0.6) is 0 Å². The average molecular weight is 301 g/mol. The van der Waals surface area contributed by atoms with Crippen molar-refractivity contribution in [2.75, 3.05) is 19.6 Å². The minimum atomic E-state index is -3.44. The largest absolute Gasteiger partial charge is 0.330 e. The molecule has 0 radical (unpaired) electrons. The number of piperidine rings is 1. The van der Waals surface area contributed by atoms with Gasteiger partial charge in [0.2, 0.25) is 0 Å². The highest BCUT2D eigenvalue weighted by Gasteiger charge is 2.28. The van der Waals surface area contributed by atoms with E-state index in [1.165, 1.54) is 4.31 Å². The van der Waals surface area contributed by atoms with Gasteiger partial charge in [-0.15, -0.1) is 0 Å². The van der Waals surface area contributed by atoms with Crippen LogP contribution in [0.2, 0.25) is 0 Å². The van der Waals surface area contributed by atoms with E-state index in [4.69, 9.17) is 5.73 Å². The summed E-state index contributed by atoms with van der Waals surface area (Å²) in [6.45, 7) is 3.75. The summed E-state index contributed by atoms with van der Waals surface area (Å²) in [7, 11) is -1.62. The maximum atomic E-state index is 12.3. The summed E-state index contributed by atoms with van der Waals surface area (Å²) < 4.78 is 30.4. The molecule has 0 amide bonds. The van der Waals surface area contributed by atoms with E-state index in [1.54, 1.807) is 4.68 Å². The zero-order chi connectivity index (χ0) is 14.8. The second kappa shape index (κ2) is 6.21. The summed E-state index contributed by atoms with van der Waals surface area (Å²) in [5, 5.41) is 4.20. The van der Waals surface area contributed by atoms with Crippen LogP contribution in [0.25, 0.3) is 0 Å². The predicted molar refractivity (Wildman–Crippen MR) is 77.1 cm³/mol. The summed E-state index contributed by atoms with van der Waals surface area (Å²) >= 11 is 0. The molecular formula is C12H23N5O2S. The summed E-state index contributed by atoms with van der Waals surface area (Å²) in [6.07, 6.45) is 3.70. The first-order chi connectivity index (χ1) is 9.42. The molecule has 114 valence electrons. The van der Waals surface area contributed by atoms with Gasteiger partial charge in [0.1, 0.15) is 0 Å². The Kier molecular flexibility index (Phi) is 4.79. The third-order valence-corrected chi connectivity index (χ3v) is 5.24. The highest BCUT2D eigenvalue weighted by atomic mass is 32.2. The third-order valence-electron chi connectivity index (χ3n) is 3.72.